The van der Waals surface area contributed by atoms with Crippen molar-refractivity contribution in [3.05, 3.63) is 34.3 Å². The van der Waals surface area contributed by atoms with Crippen LogP contribution in [0.1, 0.15) is 49.3 Å². The summed E-state index contributed by atoms with van der Waals surface area (Å²) < 4.78 is 16.2. The molecule has 2 fully saturated rings. The lowest BCUT2D eigenvalue weighted by Crippen LogP contribution is -2.51. The number of alkyl carbamates (subject to hydrolysis) is 1. The van der Waals surface area contributed by atoms with E-state index in [0.29, 0.717) is 43.8 Å². The van der Waals surface area contributed by atoms with Gasteiger partial charge in [0.2, 0.25) is 0 Å². The Morgan fingerprint density at radius 3 is 2.81 bits per heavy atom. The third kappa shape index (κ3) is 9.02. The number of rotatable bonds is 11. The van der Waals surface area contributed by atoms with Gasteiger partial charge in [-0.05, 0) is 75.3 Å². The van der Waals surface area contributed by atoms with Crippen LogP contribution in [0.2, 0.25) is 5.02 Å². The topological polar surface area (TPSA) is 101 Å². The van der Waals surface area contributed by atoms with Gasteiger partial charge >= 0.3 is 12.1 Å². The molecule has 0 radical (unpaired) electrons. The molecule has 1 aromatic rings. The number of benzene rings is 1. The van der Waals surface area contributed by atoms with E-state index in [9.17, 15) is 9.59 Å². The van der Waals surface area contributed by atoms with Crippen LogP contribution in [-0.4, -0.2) is 83.3 Å². The molecule has 2 aliphatic heterocycles. The van der Waals surface area contributed by atoms with Gasteiger partial charge in [-0.15, -0.1) is 0 Å². The molecule has 0 unspecified atom stereocenters. The molecule has 0 aliphatic carbocycles. The van der Waals surface area contributed by atoms with E-state index in [1.165, 1.54) is 13.5 Å². The Kier molecular flexibility index (Phi) is 12.2. The van der Waals surface area contributed by atoms with Crippen LogP contribution in [0.4, 0.5) is 9.59 Å². The molecule has 10 heteroatoms. The summed E-state index contributed by atoms with van der Waals surface area (Å²) in [5, 5.41) is 9.83. The number of methoxy groups -OCH3 is 1. The third-order valence-electron chi connectivity index (χ3n) is 7.39. The van der Waals surface area contributed by atoms with Crippen molar-refractivity contribution in [3.8, 4) is 0 Å². The van der Waals surface area contributed by atoms with Gasteiger partial charge < -0.3 is 35.1 Å². The van der Waals surface area contributed by atoms with Crippen LogP contribution >= 0.6 is 11.6 Å². The molecule has 0 bridgehead atoms. The molecule has 2 aliphatic rings. The molecule has 2 saturated heterocycles. The SMILES string of the molecule is CN[C@H](CNC(=O)N1CCC[C@@H](COCCNC(=O)OC)[C@@H]1c1cc(Cl)ccc1C)C[C@H]1CCCOC1. The number of nitrogens with one attached hydrogen (secondary N) is 3. The first kappa shape index (κ1) is 29.5. The van der Waals surface area contributed by atoms with E-state index >= 15 is 0 Å². The minimum Gasteiger partial charge on any atom is -0.453 e. The van der Waals surface area contributed by atoms with Crippen LogP contribution in [0.25, 0.3) is 0 Å². The van der Waals surface area contributed by atoms with E-state index in [0.717, 1.165) is 50.0 Å². The van der Waals surface area contributed by atoms with E-state index < -0.39 is 6.09 Å². The summed E-state index contributed by atoms with van der Waals surface area (Å²) >= 11 is 6.39. The van der Waals surface area contributed by atoms with Crippen molar-refractivity contribution in [3.63, 3.8) is 0 Å². The molecule has 1 aromatic carbocycles. The smallest absolute Gasteiger partial charge is 0.406 e. The highest BCUT2D eigenvalue weighted by Gasteiger charge is 2.36. The highest BCUT2D eigenvalue weighted by molar-refractivity contribution is 6.30. The molecule has 0 saturated carbocycles. The van der Waals surface area contributed by atoms with Crippen molar-refractivity contribution >= 4 is 23.7 Å². The normalized spacial score (nSPS) is 22.8. The number of carbonyl (C=O) groups is 2. The van der Waals surface area contributed by atoms with Gasteiger partial charge in [-0.3, -0.25) is 0 Å². The predicted octanol–water partition coefficient (Wildman–Crippen LogP) is 3.89. The summed E-state index contributed by atoms with van der Waals surface area (Å²) in [5.41, 5.74) is 2.14. The fourth-order valence-electron chi connectivity index (χ4n) is 5.37. The maximum absolute atomic E-state index is 13.5. The van der Waals surface area contributed by atoms with Crippen molar-refractivity contribution in [2.45, 2.75) is 51.1 Å². The average molecular weight is 539 g/mol. The van der Waals surface area contributed by atoms with Gasteiger partial charge in [0.15, 0.2) is 0 Å². The number of carbonyl (C=O) groups excluding carboxylic acids is 2. The van der Waals surface area contributed by atoms with Gasteiger partial charge in [0.05, 0.1) is 26.4 Å². The first-order valence-electron chi connectivity index (χ1n) is 13.4. The molecule has 37 heavy (non-hydrogen) atoms. The Morgan fingerprint density at radius 2 is 2.08 bits per heavy atom. The molecule has 3 N–H and O–H groups in total. The maximum Gasteiger partial charge on any atom is 0.406 e. The van der Waals surface area contributed by atoms with Crippen molar-refractivity contribution in [2.24, 2.45) is 11.8 Å². The molecular weight excluding hydrogens is 496 g/mol. The maximum atomic E-state index is 13.5. The lowest BCUT2D eigenvalue weighted by molar-refractivity contribution is 0.0347. The Hall–Kier alpha value is -2.07. The number of urea groups is 1. The fraction of sp³-hybridized carbons (Fsp3) is 0.704. The molecule has 0 spiro atoms. The van der Waals surface area contributed by atoms with Crippen LogP contribution < -0.4 is 16.0 Å². The number of likely N-dealkylation sites (N-methyl/N-ethyl adjacent to an activating group) is 1. The number of piperidine rings is 1. The van der Waals surface area contributed by atoms with Crippen molar-refractivity contribution in [1.82, 2.24) is 20.9 Å². The molecule has 208 valence electrons. The number of halogens is 1. The zero-order valence-corrected chi connectivity index (χ0v) is 23.1. The van der Waals surface area contributed by atoms with E-state index in [1.54, 1.807) is 0 Å². The van der Waals surface area contributed by atoms with E-state index in [-0.39, 0.29) is 24.0 Å². The monoisotopic (exact) mass is 538 g/mol. The van der Waals surface area contributed by atoms with Crippen LogP contribution in [0.3, 0.4) is 0 Å². The second-order valence-electron chi connectivity index (χ2n) is 10.0. The minimum atomic E-state index is -0.479. The van der Waals surface area contributed by atoms with Crippen LogP contribution in [0.5, 0.6) is 0 Å². The number of amides is 3. The number of hydrogen-bond donors (Lipinski definition) is 3. The number of aryl methyl sites for hydroxylation is 1. The Morgan fingerprint density at radius 1 is 1.24 bits per heavy atom. The van der Waals surface area contributed by atoms with Crippen molar-refractivity contribution < 1.29 is 23.8 Å². The lowest BCUT2D eigenvalue weighted by atomic mass is 9.83. The highest BCUT2D eigenvalue weighted by Crippen LogP contribution is 2.38. The van der Waals surface area contributed by atoms with Gasteiger partial charge in [0.1, 0.15) is 0 Å². The largest absolute Gasteiger partial charge is 0.453 e. The summed E-state index contributed by atoms with van der Waals surface area (Å²) in [6.45, 7) is 6.14. The highest BCUT2D eigenvalue weighted by atomic mass is 35.5. The number of nitrogens with zero attached hydrogens (tertiary/aromatic N) is 1. The van der Waals surface area contributed by atoms with Crippen LogP contribution in [0, 0.1) is 18.8 Å². The molecule has 3 amide bonds. The number of hydrogen-bond acceptors (Lipinski definition) is 6. The first-order valence-corrected chi connectivity index (χ1v) is 13.8. The summed E-state index contributed by atoms with van der Waals surface area (Å²) in [5.74, 6) is 0.629. The lowest BCUT2D eigenvalue weighted by Gasteiger charge is -2.42. The molecule has 0 aromatic heterocycles. The minimum absolute atomic E-state index is 0.0680. The van der Waals surface area contributed by atoms with Crippen molar-refractivity contribution in [1.29, 1.82) is 0 Å². The van der Waals surface area contributed by atoms with Gasteiger partial charge in [0.25, 0.3) is 0 Å². The van der Waals surface area contributed by atoms with Gasteiger partial charge in [0, 0.05) is 49.8 Å². The second kappa shape index (κ2) is 15.4. The summed E-state index contributed by atoms with van der Waals surface area (Å²) in [6, 6.07) is 5.82. The number of likely N-dealkylation sites (tertiary alicyclic amines) is 1. The fourth-order valence-corrected chi connectivity index (χ4v) is 5.55. The Balaban J connectivity index is 1.66. The van der Waals surface area contributed by atoms with Crippen molar-refractivity contribution in [2.75, 3.05) is 60.2 Å². The predicted molar refractivity (Wildman–Crippen MR) is 144 cm³/mol. The number of ether oxygens (including phenoxy) is 3. The Labute approximate surface area is 225 Å². The second-order valence-corrected chi connectivity index (χ2v) is 10.5. The molecule has 2 heterocycles. The zero-order chi connectivity index (χ0) is 26.6. The van der Waals surface area contributed by atoms with Gasteiger partial charge in [-0.25, -0.2) is 9.59 Å². The standard InChI is InChI=1S/C27H43ClN4O5/c1-19-8-9-22(28)15-24(19)25-21(18-37-13-10-30-27(34)35-3)7-4-11-32(25)26(33)31-16-23(29-2)14-20-6-5-12-36-17-20/h8-9,15,20-21,23,25,29H,4-7,10-14,16-18H2,1-3H3,(H,30,34)(H,31,33)/t20-,21+,23+,25-/m1/s1. The summed E-state index contributed by atoms with van der Waals surface area (Å²) in [6.07, 6.45) is 4.60. The molecule has 3 rings (SSSR count). The average Bonchev–Trinajstić information content (AvgIpc) is 2.92. The van der Waals surface area contributed by atoms with Gasteiger partial charge in [-0.2, -0.15) is 0 Å². The summed E-state index contributed by atoms with van der Waals surface area (Å²) in [7, 11) is 3.28. The zero-order valence-electron chi connectivity index (χ0n) is 22.4. The Bertz CT molecular complexity index is 867. The van der Waals surface area contributed by atoms with Crippen LogP contribution in [-0.2, 0) is 14.2 Å². The molecule has 9 nitrogen and oxygen atoms in total. The van der Waals surface area contributed by atoms with Gasteiger partial charge in [-0.1, -0.05) is 17.7 Å². The molecular formula is C27H43ClN4O5. The van der Waals surface area contributed by atoms with E-state index in [2.05, 4.69) is 27.6 Å². The van der Waals surface area contributed by atoms with E-state index in [1.807, 2.05) is 30.1 Å². The van der Waals surface area contributed by atoms with Crippen LogP contribution in [0.15, 0.2) is 18.2 Å². The quantitative estimate of drug-likeness (QED) is 0.370. The summed E-state index contributed by atoms with van der Waals surface area (Å²) in [4.78, 5) is 26.8. The first-order chi connectivity index (χ1) is 17.9. The third-order valence-corrected chi connectivity index (χ3v) is 7.63. The van der Waals surface area contributed by atoms with E-state index in [4.69, 9.17) is 21.1 Å². The molecule has 4 atom stereocenters.